The van der Waals surface area contributed by atoms with Crippen LogP contribution < -0.4 is 0 Å². The molecule has 0 N–H and O–H groups in total. The van der Waals surface area contributed by atoms with E-state index in [2.05, 4.69) is 19.2 Å². The molecule has 1 saturated heterocycles. The largest absolute Gasteiger partial charge is 0.381 e. The summed E-state index contributed by atoms with van der Waals surface area (Å²) >= 11 is 1.80. The number of nitrogens with zero attached hydrogens (tertiary/aromatic N) is 1. The number of aromatic nitrogens is 1. The summed E-state index contributed by atoms with van der Waals surface area (Å²) in [7, 11) is 0. The first kappa shape index (κ1) is 10.1. The van der Waals surface area contributed by atoms with E-state index in [0.29, 0.717) is 11.8 Å². The quantitative estimate of drug-likeness (QED) is 0.766. The number of hydrogen-bond acceptors (Lipinski definition) is 3. The number of ether oxygens (including phenoxy) is 1. The van der Waals surface area contributed by atoms with Gasteiger partial charge in [-0.1, -0.05) is 13.8 Å². The lowest BCUT2D eigenvalue weighted by Crippen LogP contribution is -1.98. The molecule has 1 aliphatic rings. The molecule has 1 aliphatic heterocycles. The molecular weight excluding hydrogens is 194 g/mol. The zero-order chi connectivity index (χ0) is 9.97. The predicted octanol–water partition coefficient (Wildman–Crippen LogP) is 3.16. The molecule has 2 nitrogen and oxygen atoms in total. The normalized spacial score (nSPS) is 24.0. The molecule has 0 saturated carbocycles. The molecule has 0 bridgehead atoms. The van der Waals surface area contributed by atoms with E-state index >= 15 is 0 Å². The van der Waals surface area contributed by atoms with Crippen molar-refractivity contribution in [3.05, 3.63) is 16.1 Å². The van der Waals surface area contributed by atoms with Gasteiger partial charge in [0.15, 0.2) is 0 Å². The van der Waals surface area contributed by atoms with Gasteiger partial charge >= 0.3 is 0 Å². The van der Waals surface area contributed by atoms with Crippen LogP contribution in [0.1, 0.15) is 49.2 Å². The molecule has 1 aromatic rings. The molecule has 3 heteroatoms. The third-order valence-electron chi connectivity index (χ3n) is 2.94. The number of rotatable bonds is 3. The molecule has 2 rings (SSSR count). The molecule has 14 heavy (non-hydrogen) atoms. The number of thiazole rings is 1. The Kier molecular flexibility index (Phi) is 3.19. The summed E-state index contributed by atoms with van der Waals surface area (Å²) in [5.74, 6) is 1.17. The monoisotopic (exact) mass is 211 g/mol. The molecule has 2 unspecified atom stereocenters. The first-order chi connectivity index (χ1) is 6.81. The summed E-state index contributed by atoms with van der Waals surface area (Å²) in [4.78, 5) is 4.70. The molecule has 2 atom stereocenters. The van der Waals surface area contributed by atoms with Crippen LogP contribution in [0.2, 0.25) is 0 Å². The summed E-state index contributed by atoms with van der Waals surface area (Å²) in [6, 6.07) is 0. The minimum Gasteiger partial charge on any atom is -0.381 e. The standard InChI is InChI=1S/C11H17NOS/c1-3-8(2)10-7-14-11(12-10)9-4-5-13-6-9/h7-9H,3-6H2,1-2H3. The fourth-order valence-corrected chi connectivity index (χ4v) is 2.72. The average Bonchev–Trinajstić information content (AvgIpc) is 2.86. The lowest BCUT2D eigenvalue weighted by molar-refractivity contribution is 0.194. The first-order valence-corrected chi connectivity index (χ1v) is 6.22. The number of hydrogen-bond donors (Lipinski definition) is 0. The van der Waals surface area contributed by atoms with E-state index in [1.54, 1.807) is 11.3 Å². The molecule has 1 aromatic heterocycles. The summed E-state index contributed by atoms with van der Waals surface area (Å²) in [5, 5.41) is 3.49. The minimum absolute atomic E-state index is 0.567. The SMILES string of the molecule is CCC(C)c1csc(C2CCOC2)n1. The lowest BCUT2D eigenvalue weighted by Gasteiger charge is -2.04. The van der Waals surface area contributed by atoms with Gasteiger partial charge in [-0.15, -0.1) is 11.3 Å². The maximum atomic E-state index is 5.37. The average molecular weight is 211 g/mol. The highest BCUT2D eigenvalue weighted by Crippen LogP contribution is 2.30. The molecule has 0 aliphatic carbocycles. The van der Waals surface area contributed by atoms with Crippen molar-refractivity contribution in [1.29, 1.82) is 0 Å². The molecular formula is C11H17NOS. The highest BCUT2D eigenvalue weighted by Gasteiger charge is 2.21. The van der Waals surface area contributed by atoms with Crippen LogP contribution in [-0.4, -0.2) is 18.2 Å². The van der Waals surface area contributed by atoms with Gasteiger partial charge < -0.3 is 4.74 Å². The minimum atomic E-state index is 0.567. The molecule has 2 heterocycles. The fourth-order valence-electron chi connectivity index (χ4n) is 1.65. The van der Waals surface area contributed by atoms with Gasteiger partial charge in [0.05, 0.1) is 17.3 Å². The maximum Gasteiger partial charge on any atom is 0.0983 e. The van der Waals surface area contributed by atoms with Gasteiger partial charge in [-0.2, -0.15) is 0 Å². The van der Waals surface area contributed by atoms with E-state index < -0.39 is 0 Å². The molecule has 0 radical (unpaired) electrons. The van der Waals surface area contributed by atoms with Crippen LogP contribution in [0.5, 0.6) is 0 Å². The summed E-state index contributed by atoms with van der Waals surface area (Å²) in [6.45, 7) is 6.22. The maximum absolute atomic E-state index is 5.37. The summed E-state index contributed by atoms with van der Waals surface area (Å²) in [5.41, 5.74) is 1.26. The van der Waals surface area contributed by atoms with Crippen LogP contribution >= 0.6 is 11.3 Å². The zero-order valence-electron chi connectivity index (χ0n) is 8.82. The van der Waals surface area contributed by atoms with Crippen molar-refractivity contribution in [2.45, 2.75) is 38.5 Å². The third kappa shape index (κ3) is 1.98. The van der Waals surface area contributed by atoms with Gasteiger partial charge in [0.2, 0.25) is 0 Å². The summed E-state index contributed by atoms with van der Waals surface area (Å²) in [6.07, 6.45) is 2.32. The molecule has 0 spiro atoms. The second-order valence-electron chi connectivity index (χ2n) is 3.98. The van der Waals surface area contributed by atoms with Gasteiger partial charge in [0, 0.05) is 17.9 Å². The molecule has 1 fully saturated rings. The van der Waals surface area contributed by atoms with Crippen LogP contribution in [0.25, 0.3) is 0 Å². The van der Waals surface area contributed by atoms with Crippen LogP contribution in [-0.2, 0) is 4.74 Å². The Morgan fingerprint density at radius 3 is 3.21 bits per heavy atom. The van der Waals surface area contributed by atoms with Crippen LogP contribution in [0.3, 0.4) is 0 Å². The van der Waals surface area contributed by atoms with Crippen molar-refractivity contribution >= 4 is 11.3 Å². The zero-order valence-corrected chi connectivity index (χ0v) is 9.64. The Labute approximate surface area is 89.3 Å². The topological polar surface area (TPSA) is 22.1 Å². The molecule has 78 valence electrons. The highest BCUT2D eigenvalue weighted by molar-refractivity contribution is 7.09. The van der Waals surface area contributed by atoms with E-state index in [0.717, 1.165) is 19.6 Å². The van der Waals surface area contributed by atoms with Gasteiger partial charge in [0.1, 0.15) is 0 Å². The van der Waals surface area contributed by atoms with Crippen molar-refractivity contribution in [3.63, 3.8) is 0 Å². The molecule has 0 amide bonds. The van der Waals surface area contributed by atoms with Crippen molar-refractivity contribution < 1.29 is 4.74 Å². The van der Waals surface area contributed by atoms with E-state index in [-0.39, 0.29) is 0 Å². The highest BCUT2D eigenvalue weighted by atomic mass is 32.1. The smallest absolute Gasteiger partial charge is 0.0983 e. The Hall–Kier alpha value is -0.410. The van der Waals surface area contributed by atoms with Crippen molar-refractivity contribution in [1.82, 2.24) is 4.98 Å². The second-order valence-corrected chi connectivity index (χ2v) is 4.87. The van der Waals surface area contributed by atoms with Crippen LogP contribution in [0.4, 0.5) is 0 Å². The summed E-state index contributed by atoms with van der Waals surface area (Å²) < 4.78 is 5.37. The van der Waals surface area contributed by atoms with Crippen LogP contribution in [0.15, 0.2) is 5.38 Å². The van der Waals surface area contributed by atoms with Crippen LogP contribution in [0, 0.1) is 0 Å². The van der Waals surface area contributed by atoms with Gasteiger partial charge in [0.25, 0.3) is 0 Å². The molecule has 0 aromatic carbocycles. The van der Waals surface area contributed by atoms with E-state index in [1.807, 2.05) is 0 Å². The fraction of sp³-hybridized carbons (Fsp3) is 0.727. The van der Waals surface area contributed by atoms with Gasteiger partial charge in [-0.25, -0.2) is 4.98 Å². The van der Waals surface area contributed by atoms with Crippen molar-refractivity contribution in [3.8, 4) is 0 Å². The second kappa shape index (κ2) is 4.41. The van der Waals surface area contributed by atoms with Crippen molar-refractivity contribution in [2.24, 2.45) is 0 Å². The first-order valence-electron chi connectivity index (χ1n) is 5.34. The lowest BCUT2D eigenvalue weighted by atomic mass is 10.1. The Morgan fingerprint density at radius 2 is 2.57 bits per heavy atom. The van der Waals surface area contributed by atoms with Crippen molar-refractivity contribution in [2.75, 3.05) is 13.2 Å². The van der Waals surface area contributed by atoms with E-state index in [1.165, 1.54) is 17.1 Å². The Balaban J connectivity index is 2.08. The predicted molar refractivity (Wildman–Crippen MR) is 59.0 cm³/mol. The third-order valence-corrected chi connectivity index (χ3v) is 3.96. The van der Waals surface area contributed by atoms with E-state index in [4.69, 9.17) is 9.72 Å². The van der Waals surface area contributed by atoms with E-state index in [9.17, 15) is 0 Å². The Morgan fingerprint density at radius 1 is 1.71 bits per heavy atom. The van der Waals surface area contributed by atoms with Gasteiger partial charge in [-0.3, -0.25) is 0 Å². The van der Waals surface area contributed by atoms with Gasteiger partial charge in [-0.05, 0) is 18.8 Å². The Bertz CT molecular complexity index is 291.